The van der Waals surface area contributed by atoms with Gasteiger partial charge in [0.2, 0.25) is 11.7 Å². The van der Waals surface area contributed by atoms with Crippen LogP contribution in [0.2, 0.25) is 0 Å². The highest BCUT2D eigenvalue weighted by atomic mass is 19.4. The van der Waals surface area contributed by atoms with Gasteiger partial charge in [-0.3, -0.25) is 4.79 Å². The summed E-state index contributed by atoms with van der Waals surface area (Å²) in [7, 11) is 0. The number of carboxylic acid groups (broad SMARTS) is 1. The number of carboxylic acids is 1. The molecule has 1 amide bonds. The summed E-state index contributed by atoms with van der Waals surface area (Å²) in [6.45, 7) is -1.01. The highest BCUT2D eigenvalue weighted by Gasteiger charge is 2.40. The number of aromatic carboxylic acids is 1. The molecule has 1 aliphatic heterocycles. The number of imidazole rings is 1. The molecule has 0 bridgehead atoms. The Bertz CT molecular complexity index is 1040. The first-order chi connectivity index (χ1) is 14.4. The molecule has 1 aromatic heterocycles. The fourth-order valence-corrected chi connectivity index (χ4v) is 3.39. The molecule has 2 aromatic rings. The van der Waals surface area contributed by atoms with Gasteiger partial charge in [-0.15, -0.1) is 0 Å². The van der Waals surface area contributed by atoms with E-state index in [-0.39, 0.29) is 37.2 Å². The highest BCUT2D eigenvalue weighted by molar-refractivity contribution is 5.85. The summed E-state index contributed by atoms with van der Waals surface area (Å²) in [5.74, 6) is -7.66. The van der Waals surface area contributed by atoms with E-state index in [0.717, 1.165) is 4.90 Å². The van der Waals surface area contributed by atoms with E-state index in [1.54, 1.807) is 0 Å². The molecule has 2 N–H and O–H groups in total. The van der Waals surface area contributed by atoms with Gasteiger partial charge in [-0.1, -0.05) is 0 Å². The summed E-state index contributed by atoms with van der Waals surface area (Å²) in [5.41, 5.74) is 4.30. The van der Waals surface area contributed by atoms with E-state index in [1.165, 1.54) is 0 Å². The second-order valence-electron chi connectivity index (χ2n) is 7.01. The van der Waals surface area contributed by atoms with Crippen molar-refractivity contribution in [3.8, 4) is 0 Å². The molecule has 0 radical (unpaired) electrons. The Balaban J connectivity index is 1.73. The molecule has 2 heterocycles. The molecule has 31 heavy (non-hydrogen) atoms. The van der Waals surface area contributed by atoms with Crippen LogP contribution in [-0.2, 0) is 30.5 Å². The van der Waals surface area contributed by atoms with E-state index >= 15 is 0 Å². The van der Waals surface area contributed by atoms with Crippen LogP contribution in [0, 0.1) is 17.5 Å². The van der Waals surface area contributed by atoms with E-state index in [4.69, 9.17) is 5.73 Å². The molecule has 1 atom stereocenters. The normalized spacial score (nSPS) is 15.0. The van der Waals surface area contributed by atoms with Crippen molar-refractivity contribution >= 4 is 11.9 Å². The third-order valence-corrected chi connectivity index (χ3v) is 4.81. The number of amides is 1. The molecule has 7 nitrogen and oxygen atoms in total. The largest absolute Gasteiger partial charge is 0.543 e. The number of rotatable bonds is 5. The van der Waals surface area contributed by atoms with Crippen LogP contribution in [0.4, 0.5) is 26.3 Å². The van der Waals surface area contributed by atoms with Gasteiger partial charge in [-0.25, -0.2) is 18.2 Å². The molecule has 0 saturated heterocycles. The van der Waals surface area contributed by atoms with Crippen LogP contribution in [0.3, 0.4) is 0 Å². The Morgan fingerprint density at radius 3 is 2.39 bits per heavy atom. The van der Waals surface area contributed by atoms with Crippen LogP contribution >= 0.6 is 0 Å². The molecule has 0 spiro atoms. The van der Waals surface area contributed by atoms with Crippen molar-refractivity contribution in [1.29, 1.82) is 0 Å². The second kappa shape index (κ2) is 8.21. The average molecular weight is 449 g/mol. The van der Waals surface area contributed by atoms with Gasteiger partial charge >= 0.3 is 6.18 Å². The van der Waals surface area contributed by atoms with Gasteiger partial charge in [0.15, 0.2) is 11.6 Å². The third-order valence-electron chi connectivity index (χ3n) is 4.81. The van der Waals surface area contributed by atoms with Crippen molar-refractivity contribution in [2.24, 2.45) is 5.73 Å². The first kappa shape index (κ1) is 22.6. The molecule has 168 valence electrons. The minimum absolute atomic E-state index is 0.177. The van der Waals surface area contributed by atoms with Crippen LogP contribution in [0.1, 0.15) is 34.0 Å². The lowest BCUT2D eigenvalue weighted by atomic mass is 10.0. The summed E-state index contributed by atoms with van der Waals surface area (Å²) in [6, 6.07) is -0.0331. The molecule has 0 fully saturated rings. The lowest BCUT2D eigenvalue weighted by Gasteiger charge is -2.30. The number of fused-ring (bicyclic) bond motifs is 1. The van der Waals surface area contributed by atoms with Crippen molar-refractivity contribution in [3.63, 3.8) is 0 Å². The number of alkyl halides is 3. The van der Waals surface area contributed by atoms with Crippen molar-refractivity contribution in [2.75, 3.05) is 6.54 Å². The number of hydrogen-bond acceptors (Lipinski definition) is 5. The monoisotopic (exact) mass is 449 g/mol. The van der Waals surface area contributed by atoms with Gasteiger partial charge in [-0.2, -0.15) is 13.2 Å². The van der Waals surface area contributed by atoms with E-state index in [0.29, 0.717) is 16.7 Å². The maximum absolute atomic E-state index is 13.7. The van der Waals surface area contributed by atoms with Gasteiger partial charge in [0.1, 0.15) is 11.5 Å². The topological polar surface area (TPSA) is 104 Å². The number of carbonyl (C=O) groups is 2. The van der Waals surface area contributed by atoms with E-state index in [9.17, 15) is 41.0 Å². The number of nitrogens with zero attached hydrogens (tertiary/aromatic N) is 3. The summed E-state index contributed by atoms with van der Waals surface area (Å²) in [5, 5.41) is 11.2. The molecule has 13 heteroatoms. The predicted octanol–water partition coefficient (Wildman–Crippen LogP) is 0.985. The molecule has 0 aliphatic carbocycles. The fraction of sp³-hybridized carbons (Fsp3) is 0.389. The Labute approximate surface area is 171 Å². The Kier molecular flexibility index (Phi) is 5.98. The maximum atomic E-state index is 13.7. The number of nitrogens with two attached hydrogens (primary N) is 1. The first-order valence-corrected chi connectivity index (χ1v) is 8.93. The molecule has 3 rings (SSSR count). The summed E-state index contributed by atoms with van der Waals surface area (Å²) in [4.78, 5) is 27.9. The number of benzene rings is 1. The highest BCUT2D eigenvalue weighted by Crippen LogP contribution is 2.32. The maximum Gasteiger partial charge on any atom is 0.449 e. The number of carbonyl (C=O) groups excluding carboxylic acids is 2. The second-order valence-corrected chi connectivity index (χ2v) is 7.01. The summed E-state index contributed by atoms with van der Waals surface area (Å²) < 4.78 is 80.0. The quantitative estimate of drug-likeness (QED) is 0.542. The molecular formula is C18H15F6N4O3-. The fourth-order valence-electron chi connectivity index (χ4n) is 3.39. The van der Waals surface area contributed by atoms with Gasteiger partial charge in [0.05, 0.1) is 18.2 Å². The lowest BCUT2D eigenvalue weighted by molar-refractivity contribution is -0.255. The van der Waals surface area contributed by atoms with Crippen LogP contribution in [0.15, 0.2) is 12.1 Å². The van der Waals surface area contributed by atoms with E-state index in [2.05, 4.69) is 4.98 Å². The lowest BCUT2D eigenvalue weighted by Crippen LogP contribution is -2.42. The zero-order valence-electron chi connectivity index (χ0n) is 15.7. The number of aromatic nitrogens is 2. The Morgan fingerprint density at radius 2 is 1.77 bits per heavy atom. The summed E-state index contributed by atoms with van der Waals surface area (Å²) in [6.07, 6.45) is -5.59. The molecule has 0 unspecified atom stereocenters. The van der Waals surface area contributed by atoms with Crippen molar-refractivity contribution < 1.29 is 41.0 Å². The minimum Gasteiger partial charge on any atom is -0.543 e. The molecule has 1 aliphatic rings. The third kappa shape index (κ3) is 4.65. The van der Waals surface area contributed by atoms with Gasteiger partial charge in [-0.05, 0) is 18.1 Å². The number of hydrogen-bond donors (Lipinski definition) is 1. The zero-order valence-corrected chi connectivity index (χ0v) is 15.7. The number of halogens is 6. The van der Waals surface area contributed by atoms with E-state index in [1.807, 2.05) is 0 Å². The van der Waals surface area contributed by atoms with Crippen LogP contribution < -0.4 is 10.8 Å². The van der Waals surface area contributed by atoms with E-state index < -0.39 is 59.6 Å². The standard InChI is InChI=1S/C18H16F6N4O3/c19-10-6-12(21)11(20)4-8(10)3-9(25)5-14(29)27-1-2-28-13(7-27)15(16(30)31)26-17(28)18(22,23)24/h4,6,9H,1-3,5,7,25H2,(H,30,31)/p-1/t9-/m1/s1. The molecule has 0 saturated carbocycles. The van der Waals surface area contributed by atoms with Crippen LogP contribution in [0.5, 0.6) is 0 Å². The van der Waals surface area contributed by atoms with Crippen LogP contribution in [-0.4, -0.2) is 38.9 Å². The smallest absolute Gasteiger partial charge is 0.449 e. The van der Waals surface area contributed by atoms with Crippen molar-refractivity contribution in [2.45, 2.75) is 38.1 Å². The molecule has 1 aromatic carbocycles. The van der Waals surface area contributed by atoms with Crippen LogP contribution in [0.25, 0.3) is 0 Å². The first-order valence-electron chi connectivity index (χ1n) is 8.93. The predicted molar refractivity (Wildman–Crippen MR) is 89.6 cm³/mol. The molecular weight excluding hydrogens is 434 g/mol. The summed E-state index contributed by atoms with van der Waals surface area (Å²) >= 11 is 0. The Hall–Kier alpha value is -3.09. The van der Waals surface area contributed by atoms with Crippen molar-refractivity contribution in [1.82, 2.24) is 14.5 Å². The average Bonchev–Trinajstić information content (AvgIpc) is 3.05. The van der Waals surface area contributed by atoms with Gasteiger partial charge < -0.3 is 25.1 Å². The SMILES string of the molecule is N[C@@H](CC(=O)N1CCn2c(C(F)(F)F)nc(C(=O)[O-])c2C1)Cc1cc(F)c(F)cc1F. The van der Waals surface area contributed by atoms with Gasteiger partial charge in [0.25, 0.3) is 0 Å². The Morgan fingerprint density at radius 1 is 1.13 bits per heavy atom. The zero-order chi connectivity index (χ0) is 23.1. The van der Waals surface area contributed by atoms with Crippen molar-refractivity contribution in [3.05, 3.63) is 52.4 Å². The minimum atomic E-state index is -4.90. The van der Waals surface area contributed by atoms with Gasteiger partial charge in [0, 0.05) is 31.6 Å².